The van der Waals surface area contributed by atoms with Crippen molar-refractivity contribution in [2.45, 2.75) is 6.04 Å². The summed E-state index contributed by atoms with van der Waals surface area (Å²) in [5.74, 6) is 0.935. The Balaban J connectivity index is 1.72. The Morgan fingerprint density at radius 3 is 2.76 bits per heavy atom. The van der Waals surface area contributed by atoms with Crippen molar-refractivity contribution in [3.63, 3.8) is 0 Å². The molecule has 1 aromatic carbocycles. The van der Waals surface area contributed by atoms with Crippen LogP contribution in [0.5, 0.6) is 11.5 Å². The Hall–Kier alpha value is -1.89. The second-order valence-electron chi connectivity index (χ2n) is 6.29. The smallest absolute Gasteiger partial charge is 0.124 e. The monoisotopic (exact) mass is 359 g/mol. The number of phenols is 1. The number of benzene rings is 1. The summed E-state index contributed by atoms with van der Waals surface area (Å²) in [5.41, 5.74) is 0.683. The fourth-order valence-electron chi connectivity index (χ4n) is 3.01. The van der Waals surface area contributed by atoms with Gasteiger partial charge in [-0.2, -0.15) is 0 Å². The van der Waals surface area contributed by atoms with Gasteiger partial charge in [0.1, 0.15) is 11.5 Å². The number of aromatic hydroxyl groups is 1. The molecule has 3 rings (SSSR count). The summed E-state index contributed by atoms with van der Waals surface area (Å²) >= 11 is 1.78. The number of aliphatic imine (C=N–C) groups is 1. The van der Waals surface area contributed by atoms with Gasteiger partial charge in [0, 0.05) is 42.8 Å². The van der Waals surface area contributed by atoms with Gasteiger partial charge in [0.25, 0.3) is 0 Å². The van der Waals surface area contributed by atoms with Crippen LogP contribution < -0.4 is 4.74 Å². The van der Waals surface area contributed by atoms with E-state index in [2.05, 4.69) is 39.4 Å². The molecule has 1 N–H and O–H groups in total. The summed E-state index contributed by atoms with van der Waals surface area (Å²) in [6.45, 7) is 4.96. The average Bonchev–Trinajstić information content (AvgIpc) is 3.15. The number of methoxy groups -OCH3 is 1. The van der Waals surface area contributed by atoms with Crippen molar-refractivity contribution in [3.05, 3.63) is 46.2 Å². The second kappa shape index (κ2) is 8.47. The van der Waals surface area contributed by atoms with Gasteiger partial charge in [-0.25, -0.2) is 0 Å². The minimum absolute atomic E-state index is 0.219. The summed E-state index contributed by atoms with van der Waals surface area (Å²) in [7, 11) is 3.79. The summed E-state index contributed by atoms with van der Waals surface area (Å²) in [5, 5.41) is 12.1. The van der Waals surface area contributed by atoms with Gasteiger partial charge in [-0.1, -0.05) is 6.07 Å². The highest BCUT2D eigenvalue weighted by atomic mass is 32.1. The summed E-state index contributed by atoms with van der Waals surface area (Å²) in [6, 6.07) is 9.75. The molecule has 0 unspecified atom stereocenters. The van der Waals surface area contributed by atoms with Crippen molar-refractivity contribution < 1.29 is 9.84 Å². The third-order valence-corrected chi connectivity index (χ3v) is 5.57. The Bertz CT molecular complexity index is 695. The molecule has 2 aromatic rings. The molecule has 1 atom stereocenters. The first kappa shape index (κ1) is 17.9. The highest BCUT2D eigenvalue weighted by Gasteiger charge is 2.24. The molecular formula is C19H25N3O2S. The van der Waals surface area contributed by atoms with Crippen molar-refractivity contribution in [2.24, 2.45) is 4.99 Å². The van der Waals surface area contributed by atoms with Gasteiger partial charge in [-0.05, 0) is 36.7 Å². The fraction of sp³-hybridized carbons (Fsp3) is 0.421. The fourth-order valence-corrected chi connectivity index (χ4v) is 3.87. The van der Waals surface area contributed by atoms with E-state index in [0.717, 1.165) is 26.2 Å². The molecular weight excluding hydrogens is 334 g/mol. The zero-order valence-corrected chi connectivity index (χ0v) is 15.6. The third-order valence-electron chi connectivity index (χ3n) is 4.59. The van der Waals surface area contributed by atoms with Crippen LogP contribution in [0, 0.1) is 0 Å². The highest BCUT2D eigenvalue weighted by Crippen LogP contribution is 2.27. The molecule has 1 fully saturated rings. The lowest BCUT2D eigenvalue weighted by atomic mass is 10.1. The summed E-state index contributed by atoms with van der Waals surface area (Å²) in [4.78, 5) is 10.9. The predicted octanol–water partition coefficient (Wildman–Crippen LogP) is 2.87. The third kappa shape index (κ3) is 4.60. The van der Waals surface area contributed by atoms with Crippen LogP contribution in [0.2, 0.25) is 0 Å². The number of rotatable bonds is 6. The van der Waals surface area contributed by atoms with Crippen LogP contribution in [-0.4, -0.2) is 68.0 Å². The van der Waals surface area contributed by atoms with E-state index in [9.17, 15) is 5.11 Å². The molecule has 0 spiro atoms. The Morgan fingerprint density at radius 2 is 2.08 bits per heavy atom. The van der Waals surface area contributed by atoms with E-state index >= 15 is 0 Å². The quantitative estimate of drug-likeness (QED) is 0.806. The maximum absolute atomic E-state index is 10.00. The first-order valence-corrected chi connectivity index (χ1v) is 9.38. The van der Waals surface area contributed by atoms with Gasteiger partial charge in [0.2, 0.25) is 0 Å². The van der Waals surface area contributed by atoms with Gasteiger partial charge in [0.15, 0.2) is 0 Å². The summed E-state index contributed by atoms with van der Waals surface area (Å²) in [6.07, 6.45) is 1.74. The van der Waals surface area contributed by atoms with E-state index in [1.807, 2.05) is 0 Å². The predicted molar refractivity (Wildman–Crippen MR) is 103 cm³/mol. The average molecular weight is 359 g/mol. The van der Waals surface area contributed by atoms with Crippen LogP contribution in [0.25, 0.3) is 0 Å². The van der Waals surface area contributed by atoms with Gasteiger partial charge in [-0.3, -0.25) is 9.89 Å². The molecule has 0 saturated carbocycles. The van der Waals surface area contributed by atoms with Crippen molar-refractivity contribution in [3.8, 4) is 11.5 Å². The number of piperazine rings is 1. The summed E-state index contributed by atoms with van der Waals surface area (Å²) < 4.78 is 5.22. The number of hydrogen-bond acceptors (Lipinski definition) is 6. The zero-order chi connectivity index (χ0) is 17.6. The lowest BCUT2D eigenvalue weighted by molar-refractivity contribution is 0.116. The van der Waals surface area contributed by atoms with E-state index < -0.39 is 0 Å². The molecule has 0 bridgehead atoms. The zero-order valence-electron chi connectivity index (χ0n) is 14.8. The van der Waals surface area contributed by atoms with E-state index in [4.69, 9.17) is 4.74 Å². The van der Waals surface area contributed by atoms with Crippen LogP contribution in [0.15, 0.2) is 40.7 Å². The van der Waals surface area contributed by atoms with E-state index in [1.54, 1.807) is 42.9 Å². The molecule has 2 heterocycles. The first-order chi connectivity index (χ1) is 12.2. The lowest BCUT2D eigenvalue weighted by Crippen LogP contribution is -2.46. The number of thiophene rings is 1. The largest absolute Gasteiger partial charge is 0.507 e. The van der Waals surface area contributed by atoms with Gasteiger partial charge in [0.05, 0.1) is 19.7 Å². The van der Waals surface area contributed by atoms with Crippen molar-refractivity contribution >= 4 is 17.6 Å². The van der Waals surface area contributed by atoms with Crippen LogP contribution in [-0.2, 0) is 0 Å². The second-order valence-corrected chi connectivity index (χ2v) is 7.27. The number of likely N-dealkylation sites (N-methyl/N-ethyl adjacent to an activating group) is 1. The van der Waals surface area contributed by atoms with Crippen molar-refractivity contribution in [1.29, 1.82) is 0 Å². The van der Waals surface area contributed by atoms with Crippen LogP contribution in [0.1, 0.15) is 16.5 Å². The highest BCUT2D eigenvalue weighted by molar-refractivity contribution is 7.10. The molecule has 5 nitrogen and oxygen atoms in total. The normalized spacial score (nSPS) is 17.8. The Morgan fingerprint density at radius 1 is 1.28 bits per heavy atom. The molecule has 1 aliphatic heterocycles. The molecule has 134 valence electrons. The maximum atomic E-state index is 10.00. The minimum Gasteiger partial charge on any atom is -0.507 e. The number of ether oxygens (including phenoxy) is 1. The minimum atomic E-state index is 0.219. The molecule has 1 aliphatic rings. The van der Waals surface area contributed by atoms with Crippen molar-refractivity contribution in [2.75, 3.05) is 46.9 Å². The van der Waals surface area contributed by atoms with Crippen LogP contribution in [0.4, 0.5) is 0 Å². The molecule has 0 aliphatic carbocycles. The van der Waals surface area contributed by atoms with E-state index in [0.29, 0.717) is 17.9 Å². The maximum Gasteiger partial charge on any atom is 0.124 e. The molecule has 1 aromatic heterocycles. The van der Waals surface area contributed by atoms with Crippen LogP contribution >= 0.6 is 11.3 Å². The van der Waals surface area contributed by atoms with E-state index in [-0.39, 0.29) is 11.8 Å². The number of phenolic OH excluding ortho intramolecular Hbond substituents is 1. The molecule has 6 heteroatoms. The topological polar surface area (TPSA) is 48.3 Å². The Labute approximate surface area is 153 Å². The number of hydrogen-bond donors (Lipinski definition) is 1. The number of nitrogens with zero attached hydrogens (tertiary/aromatic N) is 3. The lowest BCUT2D eigenvalue weighted by Gasteiger charge is -2.37. The molecule has 0 radical (unpaired) electrons. The van der Waals surface area contributed by atoms with E-state index in [1.165, 1.54) is 4.88 Å². The van der Waals surface area contributed by atoms with Crippen LogP contribution in [0.3, 0.4) is 0 Å². The molecule has 0 amide bonds. The van der Waals surface area contributed by atoms with Crippen molar-refractivity contribution in [1.82, 2.24) is 9.80 Å². The Kier molecular flexibility index (Phi) is 6.07. The molecule has 1 saturated heterocycles. The van der Waals surface area contributed by atoms with Gasteiger partial charge < -0.3 is 14.7 Å². The first-order valence-electron chi connectivity index (χ1n) is 8.50. The van der Waals surface area contributed by atoms with Gasteiger partial charge in [-0.15, -0.1) is 11.3 Å². The molecule has 25 heavy (non-hydrogen) atoms. The standard InChI is InChI=1S/C19H25N3O2S/c1-21-7-9-22(10-8-21)17(19-4-3-11-25-19)14-20-13-15-12-16(24-2)5-6-18(15)23/h3-6,11-13,17,23H,7-10,14H2,1-2H3/t17-/m1/s1. The SMILES string of the molecule is COc1ccc(O)c(C=NC[C@H](c2cccs2)N2CCN(C)CC2)c1. The van der Waals surface area contributed by atoms with Gasteiger partial charge >= 0.3 is 0 Å².